The van der Waals surface area contributed by atoms with Gasteiger partial charge < -0.3 is 4.90 Å². The summed E-state index contributed by atoms with van der Waals surface area (Å²) in [5, 5.41) is 10.3. The minimum atomic E-state index is -0.0101. The maximum absolute atomic E-state index is 11.6. The van der Waals surface area contributed by atoms with E-state index in [-0.39, 0.29) is 5.78 Å². The molecule has 0 aliphatic heterocycles. The summed E-state index contributed by atoms with van der Waals surface area (Å²) in [6.45, 7) is 2.12. The standard InChI is InChI=1S/C18H15N3OS/c1-12(22)13-7-8-14(10-19)16(9-13)21(2)11-18-20-15-5-3-4-6-17(15)23-18/h3-9H,11H2,1-2H3. The molecule has 114 valence electrons. The van der Waals surface area contributed by atoms with Crippen molar-refractivity contribution in [3.05, 3.63) is 58.6 Å². The van der Waals surface area contributed by atoms with Crippen LogP contribution in [0.4, 0.5) is 5.69 Å². The van der Waals surface area contributed by atoms with Gasteiger partial charge in [0.2, 0.25) is 0 Å². The molecule has 3 rings (SSSR count). The van der Waals surface area contributed by atoms with E-state index >= 15 is 0 Å². The van der Waals surface area contributed by atoms with Crippen LogP contribution in [0, 0.1) is 11.3 Å². The third-order valence-electron chi connectivity index (χ3n) is 3.65. The number of benzene rings is 2. The van der Waals surface area contributed by atoms with Crippen molar-refractivity contribution in [3.8, 4) is 6.07 Å². The van der Waals surface area contributed by atoms with Gasteiger partial charge in [-0.3, -0.25) is 4.79 Å². The number of carbonyl (C=O) groups excluding carboxylic acids is 1. The first-order valence-corrected chi connectivity index (χ1v) is 8.01. The summed E-state index contributed by atoms with van der Waals surface area (Å²) >= 11 is 1.64. The van der Waals surface area contributed by atoms with E-state index in [4.69, 9.17) is 0 Å². The molecule has 4 nitrogen and oxygen atoms in total. The minimum absolute atomic E-state index is 0.0101. The van der Waals surface area contributed by atoms with Crippen LogP contribution in [-0.2, 0) is 6.54 Å². The molecular weight excluding hydrogens is 306 g/mol. The predicted molar refractivity (Wildman–Crippen MR) is 92.9 cm³/mol. The molecule has 0 amide bonds. The number of thiazole rings is 1. The highest BCUT2D eigenvalue weighted by atomic mass is 32.1. The van der Waals surface area contributed by atoms with E-state index in [9.17, 15) is 10.1 Å². The van der Waals surface area contributed by atoms with Crippen LogP contribution in [0.2, 0.25) is 0 Å². The van der Waals surface area contributed by atoms with Gasteiger partial charge in [-0.25, -0.2) is 4.98 Å². The molecule has 0 unspecified atom stereocenters. The topological polar surface area (TPSA) is 57.0 Å². The molecular formula is C18H15N3OS. The zero-order valence-corrected chi connectivity index (χ0v) is 13.7. The van der Waals surface area contributed by atoms with Crippen LogP contribution in [0.1, 0.15) is 27.9 Å². The van der Waals surface area contributed by atoms with E-state index in [1.807, 2.05) is 36.2 Å². The number of nitriles is 1. The van der Waals surface area contributed by atoms with E-state index in [0.717, 1.165) is 20.9 Å². The molecule has 5 heteroatoms. The average molecular weight is 321 g/mol. The number of fused-ring (bicyclic) bond motifs is 1. The second kappa shape index (κ2) is 6.19. The van der Waals surface area contributed by atoms with Crippen LogP contribution in [0.3, 0.4) is 0 Å². The summed E-state index contributed by atoms with van der Waals surface area (Å²) in [7, 11) is 1.91. The van der Waals surface area contributed by atoms with Crippen molar-refractivity contribution in [2.75, 3.05) is 11.9 Å². The molecule has 0 aliphatic carbocycles. The number of para-hydroxylation sites is 1. The van der Waals surface area contributed by atoms with Gasteiger partial charge in [0.15, 0.2) is 5.78 Å². The highest BCUT2D eigenvalue weighted by Crippen LogP contribution is 2.26. The third kappa shape index (κ3) is 3.08. The number of nitrogens with zero attached hydrogens (tertiary/aromatic N) is 3. The van der Waals surface area contributed by atoms with Gasteiger partial charge in [-0.15, -0.1) is 11.3 Å². The number of anilines is 1. The summed E-state index contributed by atoms with van der Waals surface area (Å²) in [6.07, 6.45) is 0. The molecule has 23 heavy (non-hydrogen) atoms. The monoisotopic (exact) mass is 321 g/mol. The van der Waals surface area contributed by atoms with E-state index < -0.39 is 0 Å². The summed E-state index contributed by atoms with van der Waals surface area (Å²) in [5.41, 5.74) is 2.90. The number of aromatic nitrogens is 1. The Morgan fingerprint density at radius 2 is 2.09 bits per heavy atom. The van der Waals surface area contributed by atoms with Crippen LogP contribution in [0.15, 0.2) is 42.5 Å². The normalized spacial score (nSPS) is 10.5. The maximum Gasteiger partial charge on any atom is 0.159 e. The Balaban J connectivity index is 1.93. The van der Waals surface area contributed by atoms with Crippen LogP contribution in [0.25, 0.3) is 10.2 Å². The summed E-state index contributed by atoms with van der Waals surface area (Å²) < 4.78 is 1.15. The number of hydrogen-bond acceptors (Lipinski definition) is 5. The molecule has 1 heterocycles. The van der Waals surface area contributed by atoms with Gasteiger partial charge in [0.1, 0.15) is 11.1 Å². The summed E-state index contributed by atoms with van der Waals surface area (Å²) in [4.78, 5) is 18.2. The molecule has 1 aromatic heterocycles. The molecule has 0 saturated heterocycles. The number of hydrogen-bond donors (Lipinski definition) is 0. The molecule has 2 aromatic carbocycles. The fourth-order valence-corrected chi connectivity index (χ4v) is 3.46. The van der Waals surface area contributed by atoms with Gasteiger partial charge in [-0.05, 0) is 37.3 Å². The largest absolute Gasteiger partial charge is 0.367 e. The van der Waals surface area contributed by atoms with Gasteiger partial charge >= 0.3 is 0 Å². The molecule has 0 bridgehead atoms. The predicted octanol–water partition coefficient (Wildman–Crippen LogP) is 4.01. The van der Waals surface area contributed by atoms with Crippen molar-refractivity contribution in [2.45, 2.75) is 13.5 Å². The SMILES string of the molecule is CC(=O)c1ccc(C#N)c(N(C)Cc2nc3ccccc3s2)c1. The minimum Gasteiger partial charge on any atom is -0.367 e. The molecule has 3 aromatic rings. The molecule has 0 atom stereocenters. The Bertz CT molecular complexity index is 890. The molecule has 0 saturated carbocycles. The quantitative estimate of drug-likeness (QED) is 0.681. The van der Waals surface area contributed by atoms with Gasteiger partial charge in [0.05, 0.1) is 28.0 Å². The Hall–Kier alpha value is -2.71. The highest BCUT2D eigenvalue weighted by molar-refractivity contribution is 7.18. The zero-order valence-electron chi connectivity index (χ0n) is 12.9. The number of Topliss-reactive ketones (excluding diaryl/α,β-unsaturated/α-hetero) is 1. The Morgan fingerprint density at radius 1 is 1.30 bits per heavy atom. The molecule has 0 fully saturated rings. The second-order valence-electron chi connectivity index (χ2n) is 5.33. The van der Waals surface area contributed by atoms with Crippen LogP contribution >= 0.6 is 11.3 Å². The fourth-order valence-electron chi connectivity index (χ4n) is 2.44. The number of carbonyl (C=O) groups is 1. The first kappa shape index (κ1) is 15.2. The van der Waals surface area contributed by atoms with Crippen molar-refractivity contribution < 1.29 is 4.79 Å². The van der Waals surface area contributed by atoms with E-state index in [0.29, 0.717) is 17.7 Å². The van der Waals surface area contributed by atoms with Gasteiger partial charge in [0, 0.05) is 12.6 Å². The van der Waals surface area contributed by atoms with Gasteiger partial charge in [-0.2, -0.15) is 5.26 Å². The lowest BCUT2D eigenvalue weighted by molar-refractivity contribution is 0.101. The molecule has 0 N–H and O–H groups in total. The maximum atomic E-state index is 11.6. The average Bonchev–Trinajstić information content (AvgIpc) is 2.96. The first-order chi connectivity index (χ1) is 11.1. The first-order valence-electron chi connectivity index (χ1n) is 7.19. The highest BCUT2D eigenvalue weighted by Gasteiger charge is 2.13. The lowest BCUT2D eigenvalue weighted by Crippen LogP contribution is -2.18. The van der Waals surface area contributed by atoms with Crippen molar-refractivity contribution >= 4 is 33.0 Å². The van der Waals surface area contributed by atoms with Crippen LogP contribution in [-0.4, -0.2) is 17.8 Å². The summed E-state index contributed by atoms with van der Waals surface area (Å²) in [6, 6.07) is 15.4. The molecule has 0 radical (unpaired) electrons. The van der Waals surface area contributed by atoms with Crippen molar-refractivity contribution in [1.82, 2.24) is 4.98 Å². The smallest absolute Gasteiger partial charge is 0.159 e. The van der Waals surface area contributed by atoms with E-state index in [2.05, 4.69) is 11.1 Å². The molecule has 0 spiro atoms. The Morgan fingerprint density at radius 3 is 2.78 bits per heavy atom. The zero-order chi connectivity index (χ0) is 16.4. The number of ketones is 1. The van der Waals surface area contributed by atoms with Gasteiger partial charge in [-0.1, -0.05) is 12.1 Å². The summed E-state index contributed by atoms with van der Waals surface area (Å²) in [5.74, 6) is -0.0101. The van der Waals surface area contributed by atoms with Crippen LogP contribution in [0.5, 0.6) is 0 Å². The van der Waals surface area contributed by atoms with E-state index in [1.165, 1.54) is 6.92 Å². The third-order valence-corrected chi connectivity index (χ3v) is 4.67. The molecule has 0 aliphatic rings. The van der Waals surface area contributed by atoms with Crippen molar-refractivity contribution in [1.29, 1.82) is 5.26 Å². The number of rotatable bonds is 4. The fraction of sp³-hybridized carbons (Fsp3) is 0.167. The van der Waals surface area contributed by atoms with Crippen molar-refractivity contribution in [3.63, 3.8) is 0 Å². The lowest BCUT2D eigenvalue weighted by atomic mass is 10.1. The second-order valence-corrected chi connectivity index (χ2v) is 6.45. The van der Waals surface area contributed by atoms with Gasteiger partial charge in [0.25, 0.3) is 0 Å². The van der Waals surface area contributed by atoms with Crippen LogP contribution < -0.4 is 4.90 Å². The van der Waals surface area contributed by atoms with E-state index in [1.54, 1.807) is 29.5 Å². The Labute approximate surface area is 138 Å². The Kier molecular flexibility index (Phi) is 4.09. The van der Waals surface area contributed by atoms with Crippen molar-refractivity contribution in [2.24, 2.45) is 0 Å². The lowest BCUT2D eigenvalue weighted by Gasteiger charge is -2.19.